The number of hydrogen-bond donors (Lipinski definition) is 1. The van der Waals surface area contributed by atoms with Gasteiger partial charge in [-0.2, -0.15) is 14.1 Å². The van der Waals surface area contributed by atoms with Gasteiger partial charge in [0.2, 0.25) is 10.0 Å². The van der Waals surface area contributed by atoms with Crippen LogP contribution in [0.2, 0.25) is 0 Å². The van der Waals surface area contributed by atoms with Crippen molar-refractivity contribution in [1.29, 1.82) is 0 Å². The van der Waals surface area contributed by atoms with Crippen LogP contribution < -0.4 is 16.2 Å². The lowest BCUT2D eigenvalue weighted by Crippen LogP contribution is -2.49. The van der Waals surface area contributed by atoms with Crippen LogP contribution in [0.15, 0.2) is 53.5 Å². The van der Waals surface area contributed by atoms with Crippen molar-refractivity contribution < 1.29 is 17.2 Å². The second-order valence-corrected chi connectivity index (χ2v) is 9.85. The molecule has 33 heavy (non-hydrogen) atoms. The zero-order chi connectivity index (χ0) is 23.8. The number of anilines is 2. The van der Waals surface area contributed by atoms with Gasteiger partial charge >= 0.3 is 0 Å². The molecule has 0 amide bonds. The molecule has 1 aromatic heterocycles. The SMILES string of the molecule is Cc1c(N2CCN(S(=O)(=O)Cc3ccc(N)cc3)CC2)cnn(-c2cc(F)cc(F)c2)c1=O. The van der Waals surface area contributed by atoms with Crippen LogP contribution >= 0.6 is 0 Å². The van der Waals surface area contributed by atoms with Gasteiger partial charge in [-0.25, -0.2) is 17.2 Å². The van der Waals surface area contributed by atoms with Crippen molar-refractivity contribution >= 4 is 21.4 Å². The number of benzene rings is 2. The number of sulfonamides is 1. The van der Waals surface area contributed by atoms with Crippen molar-refractivity contribution in [3.63, 3.8) is 0 Å². The molecule has 0 saturated carbocycles. The zero-order valence-electron chi connectivity index (χ0n) is 17.9. The Morgan fingerprint density at radius 2 is 1.61 bits per heavy atom. The molecular formula is C22H23F2N5O3S. The molecule has 0 unspecified atom stereocenters. The lowest BCUT2D eigenvalue weighted by Gasteiger charge is -2.35. The topological polar surface area (TPSA) is 102 Å². The van der Waals surface area contributed by atoms with Gasteiger partial charge in [-0.1, -0.05) is 12.1 Å². The second kappa shape index (κ2) is 8.91. The van der Waals surface area contributed by atoms with Crippen molar-refractivity contribution in [3.8, 4) is 5.69 Å². The highest BCUT2D eigenvalue weighted by Crippen LogP contribution is 2.21. The normalized spacial score (nSPS) is 15.1. The summed E-state index contributed by atoms with van der Waals surface area (Å²) in [4.78, 5) is 14.7. The summed E-state index contributed by atoms with van der Waals surface area (Å²) in [5, 5.41) is 4.08. The van der Waals surface area contributed by atoms with E-state index >= 15 is 0 Å². The number of nitrogen functional groups attached to an aromatic ring is 1. The molecule has 0 aliphatic carbocycles. The third kappa shape index (κ3) is 4.88. The molecular weight excluding hydrogens is 452 g/mol. The Morgan fingerprint density at radius 3 is 2.21 bits per heavy atom. The van der Waals surface area contributed by atoms with E-state index in [1.54, 1.807) is 31.2 Å². The van der Waals surface area contributed by atoms with Gasteiger partial charge in [-0.15, -0.1) is 0 Å². The van der Waals surface area contributed by atoms with Gasteiger partial charge in [-0.3, -0.25) is 4.79 Å². The molecule has 8 nitrogen and oxygen atoms in total. The van der Waals surface area contributed by atoms with Crippen molar-refractivity contribution in [3.05, 3.63) is 81.8 Å². The van der Waals surface area contributed by atoms with Crippen LogP contribution in [0.1, 0.15) is 11.1 Å². The van der Waals surface area contributed by atoms with E-state index in [9.17, 15) is 22.0 Å². The van der Waals surface area contributed by atoms with Crippen molar-refractivity contribution in [2.45, 2.75) is 12.7 Å². The van der Waals surface area contributed by atoms with Gasteiger partial charge in [0.25, 0.3) is 5.56 Å². The number of halogens is 2. The minimum atomic E-state index is -3.51. The molecule has 0 spiro atoms. The molecule has 0 radical (unpaired) electrons. The van der Waals surface area contributed by atoms with Gasteiger partial charge in [-0.05, 0) is 36.8 Å². The standard InChI is InChI=1S/C22H23F2N5O3S/c1-15-21(13-26-29(22(15)30)20-11-17(23)10-18(24)12-20)27-6-8-28(9-7-27)33(31,32)14-16-2-4-19(25)5-3-16/h2-5,10-13H,6-9,14,25H2,1H3. The molecule has 1 saturated heterocycles. The summed E-state index contributed by atoms with van der Waals surface area (Å²) in [6.07, 6.45) is 1.46. The number of piperazine rings is 1. The summed E-state index contributed by atoms with van der Waals surface area (Å²) in [6.45, 7) is 2.88. The van der Waals surface area contributed by atoms with Crippen molar-refractivity contribution in [2.75, 3.05) is 36.8 Å². The molecule has 0 bridgehead atoms. The summed E-state index contributed by atoms with van der Waals surface area (Å²) < 4.78 is 55.1. The molecule has 2 N–H and O–H groups in total. The Balaban J connectivity index is 1.49. The molecule has 174 valence electrons. The first-order chi connectivity index (χ1) is 15.6. The van der Waals surface area contributed by atoms with Crippen LogP contribution in [-0.4, -0.2) is 48.7 Å². The second-order valence-electron chi connectivity index (χ2n) is 7.88. The maximum Gasteiger partial charge on any atom is 0.276 e. The number of hydrogen-bond acceptors (Lipinski definition) is 6. The maximum absolute atomic E-state index is 13.6. The highest BCUT2D eigenvalue weighted by atomic mass is 32.2. The fourth-order valence-corrected chi connectivity index (χ4v) is 5.33. The van der Waals surface area contributed by atoms with Gasteiger partial charge < -0.3 is 10.6 Å². The maximum atomic E-state index is 13.6. The van der Waals surface area contributed by atoms with Crippen molar-refractivity contribution in [2.24, 2.45) is 0 Å². The summed E-state index contributed by atoms with van der Waals surface area (Å²) in [5.41, 5.74) is 7.28. The molecule has 2 aromatic carbocycles. The van der Waals surface area contributed by atoms with E-state index in [2.05, 4.69) is 5.10 Å². The van der Waals surface area contributed by atoms with E-state index < -0.39 is 27.2 Å². The van der Waals surface area contributed by atoms with E-state index in [4.69, 9.17) is 5.73 Å². The molecule has 1 fully saturated rings. The molecule has 3 aromatic rings. The largest absolute Gasteiger partial charge is 0.399 e. The minimum Gasteiger partial charge on any atom is -0.399 e. The first-order valence-corrected chi connectivity index (χ1v) is 11.9. The lowest BCUT2D eigenvalue weighted by molar-refractivity contribution is 0.384. The number of rotatable bonds is 5. The summed E-state index contributed by atoms with van der Waals surface area (Å²) in [6, 6.07) is 9.49. The molecule has 2 heterocycles. The predicted octanol–water partition coefficient (Wildman–Crippen LogP) is 2.05. The third-order valence-corrected chi connectivity index (χ3v) is 7.44. The Labute approximate surface area is 189 Å². The highest BCUT2D eigenvalue weighted by molar-refractivity contribution is 7.88. The van der Waals surface area contributed by atoms with Gasteiger partial charge in [0.15, 0.2) is 0 Å². The Bertz CT molecular complexity index is 1310. The van der Waals surface area contributed by atoms with E-state index in [0.29, 0.717) is 35.6 Å². The molecule has 4 rings (SSSR count). The third-order valence-electron chi connectivity index (χ3n) is 5.59. The first kappa shape index (κ1) is 22.9. The average molecular weight is 476 g/mol. The van der Waals surface area contributed by atoms with Crippen LogP contribution in [0, 0.1) is 18.6 Å². The Kier molecular flexibility index (Phi) is 6.17. The molecule has 1 aliphatic heterocycles. The lowest BCUT2D eigenvalue weighted by atomic mass is 10.2. The fraction of sp³-hybridized carbons (Fsp3) is 0.273. The fourth-order valence-electron chi connectivity index (χ4n) is 3.82. The molecule has 11 heteroatoms. The van der Waals surface area contributed by atoms with Gasteiger partial charge in [0.1, 0.15) is 11.6 Å². The van der Waals surface area contributed by atoms with Gasteiger partial charge in [0, 0.05) is 43.5 Å². The summed E-state index contributed by atoms with van der Waals surface area (Å²) in [7, 11) is -3.51. The van der Waals surface area contributed by atoms with E-state index in [1.165, 1.54) is 10.5 Å². The quantitative estimate of drug-likeness (QED) is 0.567. The monoisotopic (exact) mass is 475 g/mol. The van der Waals surface area contributed by atoms with Crippen LogP contribution in [-0.2, 0) is 15.8 Å². The number of nitrogens with zero attached hydrogens (tertiary/aromatic N) is 4. The van der Waals surface area contributed by atoms with Crippen LogP contribution in [0.4, 0.5) is 20.2 Å². The molecule has 1 aliphatic rings. The predicted molar refractivity (Wildman–Crippen MR) is 122 cm³/mol. The summed E-state index contributed by atoms with van der Waals surface area (Å²) in [5.74, 6) is -1.73. The summed E-state index contributed by atoms with van der Waals surface area (Å²) >= 11 is 0. The van der Waals surface area contributed by atoms with Crippen LogP contribution in [0.25, 0.3) is 5.69 Å². The van der Waals surface area contributed by atoms with Crippen LogP contribution in [0.3, 0.4) is 0 Å². The number of nitrogens with two attached hydrogens (primary N) is 1. The van der Waals surface area contributed by atoms with E-state index in [0.717, 1.165) is 22.9 Å². The highest BCUT2D eigenvalue weighted by Gasteiger charge is 2.28. The molecule has 0 atom stereocenters. The van der Waals surface area contributed by atoms with Gasteiger partial charge in [0.05, 0.1) is 23.3 Å². The zero-order valence-corrected chi connectivity index (χ0v) is 18.7. The van der Waals surface area contributed by atoms with E-state index in [1.807, 2.05) is 4.90 Å². The van der Waals surface area contributed by atoms with Crippen LogP contribution in [0.5, 0.6) is 0 Å². The van der Waals surface area contributed by atoms with E-state index in [-0.39, 0.29) is 24.5 Å². The minimum absolute atomic E-state index is 0.00858. The van der Waals surface area contributed by atoms with Crippen molar-refractivity contribution in [1.82, 2.24) is 14.1 Å². The first-order valence-electron chi connectivity index (χ1n) is 10.3. The average Bonchev–Trinajstić information content (AvgIpc) is 2.76. The smallest absolute Gasteiger partial charge is 0.276 e. The Morgan fingerprint density at radius 1 is 1.00 bits per heavy atom. The Hall–Kier alpha value is -3.31. The number of aromatic nitrogens is 2.